The van der Waals surface area contributed by atoms with Crippen LogP contribution >= 0.6 is 0 Å². The SMILES string of the molecule is C=C[C@@](C)(/C=C/c1ccc(OCC(=O)N2CCCC2)cc1)CCC=C(C)C. The molecule has 0 N–H and O–H groups in total. The predicted molar refractivity (Wildman–Crippen MR) is 114 cm³/mol. The molecule has 0 saturated carbocycles. The van der Waals surface area contributed by atoms with Crippen LogP contribution in [0.4, 0.5) is 0 Å². The van der Waals surface area contributed by atoms with Crippen LogP contribution in [0.5, 0.6) is 5.75 Å². The van der Waals surface area contributed by atoms with E-state index >= 15 is 0 Å². The zero-order valence-electron chi connectivity index (χ0n) is 17.0. The van der Waals surface area contributed by atoms with Gasteiger partial charge in [0.05, 0.1) is 0 Å². The van der Waals surface area contributed by atoms with Crippen LogP contribution in [-0.2, 0) is 4.79 Å². The molecule has 1 atom stereocenters. The van der Waals surface area contributed by atoms with Crippen LogP contribution in [0.3, 0.4) is 0 Å². The molecule has 0 bridgehead atoms. The van der Waals surface area contributed by atoms with E-state index in [1.807, 2.05) is 35.2 Å². The molecule has 3 heteroatoms. The molecule has 146 valence electrons. The molecule has 1 aliphatic rings. The smallest absolute Gasteiger partial charge is 0.260 e. The first kappa shape index (κ1) is 21.0. The Morgan fingerprint density at radius 1 is 1.22 bits per heavy atom. The largest absolute Gasteiger partial charge is 0.484 e. The van der Waals surface area contributed by atoms with Gasteiger partial charge in [-0.1, -0.05) is 48.9 Å². The van der Waals surface area contributed by atoms with E-state index in [0.717, 1.165) is 50.1 Å². The molecule has 3 nitrogen and oxygen atoms in total. The Bertz CT molecular complexity index is 677. The number of ether oxygens (including phenoxy) is 1. The number of hydrogen-bond acceptors (Lipinski definition) is 2. The van der Waals surface area contributed by atoms with E-state index in [9.17, 15) is 4.79 Å². The average Bonchev–Trinajstić information content (AvgIpc) is 3.20. The van der Waals surface area contributed by atoms with Gasteiger partial charge < -0.3 is 9.64 Å². The van der Waals surface area contributed by atoms with Gasteiger partial charge in [0.15, 0.2) is 6.61 Å². The van der Waals surface area contributed by atoms with Crippen molar-refractivity contribution in [2.24, 2.45) is 5.41 Å². The van der Waals surface area contributed by atoms with Crippen molar-refractivity contribution in [1.82, 2.24) is 4.90 Å². The van der Waals surface area contributed by atoms with Crippen molar-refractivity contribution in [1.29, 1.82) is 0 Å². The number of carbonyl (C=O) groups excluding carboxylic acids is 1. The first-order valence-corrected chi connectivity index (χ1v) is 9.89. The number of hydrogen-bond donors (Lipinski definition) is 0. The van der Waals surface area contributed by atoms with Crippen LogP contribution in [0.2, 0.25) is 0 Å². The van der Waals surface area contributed by atoms with Crippen molar-refractivity contribution in [3.05, 3.63) is 60.2 Å². The lowest BCUT2D eigenvalue weighted by molar-refractivity contribution is -0.132. The number of allylic oxidation sites excluding steroid dienone is 4. The maximum absolute atomic E-state index is 12.0. The van der Waals surface area contributed by atoms with E-state index in [4.69, 9.17) is 4.74 Å². The number of nitrogens with zero attached hydrogens (tertiary/aromatic N) is 1. The summed E-state index contributed by atoms with van der Waals surface area (Å²) < 4.78 is 5.64. The fourth-order valence-electron chi connectivity index (χ4n) is 3.09. The van der Waals surface area contributed by atoms with Crippen molar-refractivity contribution in [2.75, 3.05) is 19.7 Å². The third-order valence-electron chi connectivity index (χ3n) is 5.06. The second-order valence-electron chi connectivity index (χ2n) is 7.81. The van der Waals surface area contributed by atoms with Gasteiger partial charge in [-0.25, -0.2) is 0 Å². The van der Waals surface area contributed by atoms with Crippen molar-refractivity contribution >= 4 is 12.0 Å². The van der Waals surface area contributed by atoms with Crippen molar-refractivity contribution in [3.63, 3.8) is 0 Å². The summed E-state index contributed by atoms with van der Waals surface area (Å²) in [5.41, 5.74) is 2.44. The van der Waals surface area contributed by atoms with Gasteiger partial charge in [0.1, 0.15) is 5.75 Å². The lowest BCUT2D eigenvalue weighted by atomic mass is 9.84. The summed E-state index contributed by atoms with van der Waals surface area (Å²) in [4.78, 5) is 13.9. The maximum atomic E-state index is 12.0. The third-order valence-corrected chi connectivity index (χ3v) is 5.06. The minimum absolute atomic E-state index is 0.0245. The van der Waals surface area contributed by atoms with Gasteiger partial charge in [-0.05, 0) is 57.2 Å². The number of likely N-dealkylation sites (tertiary alicyclic amines) is 1. The summed E-state index contributed by atoms with van der Waals surface area (Å²) in [5, 5.41) is 0. The standard InChI is InChI=1S/C24H33NO2/c1-5-24(4,15-8-9-20(2)3)16-14-21-10-12-22(13-11-21)27-19-23(26)25-17-6-7-18-25/h5,9-14,16H,1,6-8,15,17-19H2,2-4H3/b16-14+/t24-/m1/s1. The highest BCUT2D eigenvalue weighted by Crippen LogP contribution is 2.28. The minimum atomic E-state index is -0.0245. The van der Waals surface area contributed by atoms with Crippen LogP contribution in [0, 0.1) is 5.41 Å². The van der Waals surface area contributed by atoms with Gasteiger partial charge in [0.25, 0.3) is 5.91 Å². The average molecular weight is 368 g/mol. The lowest BCUT2D eigenvalue weighted by Crippen LogP contribution is -2.32. The van der Waals surface area contributed by atoms with E-state index in [1.165, 1.54) is 5.57 Å². The van der Waals surface area contributed by atoms with Crippen LogP contribution in [0.1, 0.15) is 52.0 Å². The zero-order valence-corrected chi connectivity index (χ0v) is 17.0. The highest BCUT2D eigenvalue weighted by Gasteiger charge is 2.18. The van der Waals surface area contributed by atoms with Gasteiger partial charge >= 0.3 is 0 Å². The molecule has 1 amide bonds. The normalized spacial score (nSPS) is 16.2. The first-order valence-electron chi connectivity index (χ1n) is 9.89. The molecule has 0 spiro atoms. The van der Waals surface area contributed by atoms with Crippen LogP contribution in [0.15, 0.2) is 54.6 Å². The van der Waals surface area contributed by atoms with Crippen LogP contribution in [0.25, 0.3) is 6.08 Å². The van der Waals surface area contributed by atoms with Crippen molar-refractivity contribution in [2.45, 2.75) is 46.5 Å². The summed E-state index contributed by atoms with van der Waals surface area (Å²) in [6, 6.07) is 7.88. The number of benzene rings is 1. The third kappa shape index (κ3) is 7.09. The Morgan fingerprint density at radius 3 is 2.48 bits per heavy atom. The molecule has 1 aromatic rings. The summed E-state index contributed by atoms with van der Waals surface area (Å²) in [5.74, 6) is 0.810. The van der Waals surface area contributed by atoms with Crippen molar-refractivity contribution in [3.8, 4) is 5.75 Å². The molecule has 1 heterocycles. The Hall–Kier alpha value is -2.29. The number of rotatable bonds is 9. The fourth-order valence-corrected chi connectivity index (χ4v) is 3.09. The molecule has 2 rings (SSSR count). The van der Waals surface area contributed by atoms with Gasteiger partial charge in [-0.2, -0.15) is 0 Å². The summed E-state index contributed by atoms with van der Waals surface area (Å²) in [7, 11) is 0. The maximum Gasteiger partial charge on any atom is 0.260 e. The minimum Gasteiger partial charge on any atom is -0.484 e. The monoisotopic (exact) mass is 367 g/mol. The highest BCUT2D eigenvalue weighted by atomic mass is 16.5. The fraction of sp³-hybridized carbons (Fsp3) is 0.458. The molecule has 1 saturated heterocycles. The van der Waals surface area contributed by atoms with Gasteiger partial charge in [0.2, 0.25) is 0 Å². The first-order chi connectivity index (χ1) is 12.9. The Balaban J connectivity index is 1.87. The number of carbonyl (C=O) groups is 1. The number of amides is 1. The summed E-state index contributed by atoms with van der Waals surface area (Å²) in [6.45, 7) is 12.3. The van der Waals surface area contributed by atoms with Gasteiger partial charge in [-0.3, -0.25) is 4.79 Å². The molecular formula is C24H33NO2. The quantitative estimate of drug-likeness (QED) is 0.529. The summed E-state index contributed by atoms with van der Waals surface area (Å²) >= 11 is 0. The van der Waals surface area contributed by atoms with E-state index in [-0.39, 0.29) is 17.9 Å². The van der Waals surface area contributed by atoms with E-state index < -0.39 is 0 Å². The molecular weight excluding hydrogens is 334 g/mol. The Morgan fingerprint density at radius 2 is 1.89 bits per heavy atom. The molecule has 0 aromatic heterocycles. The van der Waals surface area contributed by atoms with E-state index in [2.05, 4.69) is 45.6 Å². The Kier molecular flexibility index (Phi) is 7.90. The van der Waals surface area contributed by atoms with Crippen LogP contribution in [-0.4, -0.2) is 30.5 Å². The second kappa shape index (κ2) is 10.1. The van der Waals surface area contributed by atoms with Gasteiger partial charge in [0, 0.05) is 18.5 Å². The molecule has 1 fully saturated rings. The molecule has 0 radical (unpaired) electrons. The molecule has 0 unspecified atom stereocenters. The lowest BCUT2D eigenvalue weighted by Gasteiger charge is -2.20. The van der Waals surface area contributed by atoms with E-state index in [0.29, 0.717) is 0 Å². The summed E-state index contributed by atoms with van der Waals surface area (Å²) in [6.07, 6.45) is 12.9. The topological polar surface area (TPSA) is 29.5 Å². The second-order valence-corrected chi connectivity index (χ2v) is 7.81. The van der Waals surface area contributed by atoms with E-state index in [1.54, 1.807) is 0 Å². The predicted octanol–water partition coefficient (Wildman–Crippen LogP) is 5.64. The Labute approximate surface area is 164 Å². The van der Waals surface area contributed by atoms with Crippen LogP contribution < -0.4 is 4.74 Å². The zero-order chi connectivity index (χ0) is 19.7. The van der Waals surface area contributed by atoms with Gasteiger partial charge in [-0.15, -0.1) is 6.58 Å². The highest BCUT2D eigenvalue weighted by molar-refractivity contribution is 5.78. The van der Waals surface area contributed by atoms with Crippen molar-refractivity contribution < 1.29 is 9.53 Å². The molecule has 1 aromatic carbocycles. The molecule has 1 aliphatic heterocycles. The molecule has 0 aliphatic carbocycles. The molecule has 27 heavy (non-hydrogen) atoms.